The van der Waals surface area contributed by atoms with E-state index in [0.717, 1.165) is 60.5 Å². The molecule has 3 aliphatic carbocycles. The topological polar surface area (TPSA) is 36.8 Å². The van der Waals surface area contributed by atoms with E-state index >= 15 is 0 Å². The molecule has 0 amide bonds. The molecule has 3 heteroatoms. The highest BCUT2D eigenvalue weighted by molar-refractivity contribution is 6.15. The van der Waals surface area contributed by atoms with Crippen LogP contribution in [-0.2, 0) is 0 Å². The summed E-state index contributed by atoms with van der Waals surface area (Å²) in [4.78, 5) is 10.3. The highest BCUT2D eigenvalue weighted by Crippen LogP contribution is 2.35. The Morgan fingerprint density at radius 3 is 2.18 bits per heavy atom. The molecule has 7 rings (SSSR count). The van der Waals surface area contributed by atoms with E-state index in [1.807, 2.05) is 12.1 Å². The molecule has 4 aliphatic rings. The second-order valence-electron chi connectivity index (χ2n) is 11.7. The van der Waals surface area contributed by atoms with Gasteiger partial charge in [0.1, 0.15) is 11.7 Å². The lowest BCUT2D eigenvalue weighted by Gasteiger charge is -2.24. The van der Waals surface area contributed by atoms with Crippen molar-refractivity contribution in [3.05, 3.63) is 185 Å². The second-order valence-corrected chi connectivity index (χ2v) is 11.7. The minimum Gasteiger partial charge on any atom is -0.324 e. The summed E-state index contributed by atoms with van der Waals surface area (Å²) in [5.74, 6) is 2.00. The molecule has 3 aromatic carbocycles. The number of benzene rings is 3. The van der Waals surface area contributed by atoms with Gasteiger partial charge in [-0.05, 0) is 71.1 Å². The molecule has 2 unspecified atom stereocenters. The molecule has 2 atom stereocenters. The fourth-order valence-electron chi connectivity index (χ4n) is 6.28. The second kappa shape index (κ2) is 12.7. The first kappa shape index (κ1) is 27.8. The Morgan fingerprint density at radius 1 is 0.705 bits per heavy atom. The SMILES string of the molecule is C=CC1=CC=C(C2=CC(c3cccc(C4N=C(c5ccccc5)NC(c5ccc(C6=CCCC=C6)cc5)=N4)c3)CC=C2)CC1. The van der Waals surface area contributed by atoms with Crippen LogP contribution in [0.3, 0.4) is 0 Å². The molecule has 0 radical (unpaired) electrons. The van der Waals surface area contributed by atoms with Crippen LogP contribution in [0.2, 0.25) is 0 Å². The number of allylic oxidation sites excluding steroid dienone is 13. The molecule has 0 aromatic heterocycles. The molecule has 0 spiro atoms. The summed E-state index contributed by atoms with van der Waals surface area (Å²) in [6.07, 6.45) is 25.2. The Labute approximate surface area is 260 Å². The van der Waals surface area contributed by atoms with Crippen LogP contribution in [0.4, 0.5) is 0 Å². The van der Waals surface area contributed by atoms with Gasteiger partial charge in [0, 0.05) is 17.0 Å². The van der Waals surface area contributed by atoms with Crippen LogP contribution in [0.15, 0.2) is 167 Å². The maximum Gasteiger partial charge on any atom is 0.169 e. The molecule has 3 aromatic rings. The van der Waals surface area contributed by atoms with Crippen LogP contribution in [0.25, 0.3) is 5.57 Å². The number of hydrogen-bond acceptors (Lipinski definition) is 3. The molecule has 0 saturated heterocycles. The predicted molar refractivity (Wildman–Crippen MR) is 185 cm³/mol. The normalized spacial score (nSPS) is 21.2. The van der Waals surface area contributed by atoms with E-state index in [1.165, 1.54) is 33.4 Å². The Morgan fingerprint density at radius 2 is 1.45 bits per heavy atom. The number of rotatable bonds is 7. The highest BCUT2D eigenvalue weighted by atomic mass is 15.2. The molecule has 3 nitrogen and oxygen atoms in total. The van der Waals surface area contributed by atoms with Crippen LogP contribution >= 0.6 is 0 Å². The van der Waals surface area contributed by atoms with Crippen LogP contribution in [0.5, 0.6) is 0 Å². The fraction of sp³-hybridized carbons (Fsp3) is 0.171. The van der Waals surface area contributed by atoms with Crippen molar-refractivity contribution in [2.24, 2.45) is 9.98 Å². The lowest BCUT2D eigenvalue weighted by Crippen LogP contribution is -2.36. The van der Waals surface area contributed by atoms with Gasteiger partial charge in [0.05, 0.1) is 0 Å². The third kappa shape index (κ3) is 6.05. The van der Waals surface area contributed by atoms with Crippen molar-refractivity contribution >= 4 is 17.2 Å². The predicted octanol–water partition coefficient (Wildman–Crippen LogP) is 9.72. The monoisotopic (exact) mass is 571 g/mol. The van der Waals surface area contributed by atoms with Gasteiger partial charge in [-0.2, -0.15) is 0 Å². The van der Waals surface area contributed by atoms with Gasteiger partial charge in [0.15, 0.2) is 6.17 Å². The van der Waals surface area contributed by atoms with Crippen LogP contribution in [0.1, 0.15) is 72.0 Å². The van der Waals surface area contributed by atoms with Gasteiger partial charge in [-0.3, -0.25) is 0 Å². The quantitative estimate of drug-likeness (QED) is 0.301. The Hall–Kier alpha value is -5.02. The first-order valence-corrected chi connectivity index (χ1v) is 15.7. The number of nitrogens with zero attached hydrogens (tertiary/aromatic N) is 2. The Bertz CT molecular complexity index is 1810. The van der Waals surface area contributed by atoms with Gasteiger partial charge >= 0.3 is 0 Å². The molecule has 216 valence electrons. The minimum atomic E-state index is -0.337. The van der Waals surface area contributed by atoms with Crippen molar-refractivity contribution < 1.29 is 0 Å². The van der Waals surface area contributed by atoms with Crippen molar-refractivity contribution in [2.75, 3.05) is 0 Å². The van der Waals surface area contributed by atoms with Crippen molar-refractivity contribution in [3.8, 4) is 0 Å². The van der Waals surface area contributed by atoms with Crippen molar-refractivity contribution in [3.63, 3.8) is 0 Å². The van der Waals surface area contributed by atoms with Crippen LogP contribution < -0.4 is 5.32 Å². The van der Waals surface area contributed by atoms with Gasteiger partial charge in [-0.15, -0.1) is 0 Å². The summed E-state index contributed by atoms with van der Waals surface area (Å²) in [5, 5.41) is 3.55. The number of nitrogens with one attached hydrogen (secondary N) is 1. The van der Waals surface area contributed by atoms with Gasteiger partial charge < -0.3 is 5.32 Å². The standard InChI is InChI=1S/C41H37N3/c1-2-29-19-21-32(22-20-29)35-15-9-16-36(27-35)37-17-10-18-38(28-37)41-43-39(33-13-7-4-8-14-33)42-40(44-41)34-25-23-31(24-26-34)30-11-5-3-6-12-30/h2,4-5,7-15,17-19,21,23-28,36,41H,1,3,6,16,20,22H2,(H,42,43,44). The van der Waals surface area contributed by atoms with E-state index in [4.69, 9.17) is 9.98 Å². The summed E-state index contributed by atoms with van der Waals surface area (Å²) in [6.45, 7) is 3.93. The van der Waals surface area contributed by atoms with Crippen molar-refractivity contribution in [2.45, 2.75) is 44.2 Å². The molecule has 1 heterocycles. The van der Waals surface area contributed by atoms with Crippen LogP contribution in [0, 0.1) is 0 Å². The zero-order chi connectivity index (χ0) is 29.7. The van der Waals surface area contributed by atoms with Crippen LogP contribution in [-0.4, -0.2) is 11.7 Å². The summed E-state index contributed by atoms with van der Waals surface area (Å²) in [6, 6.07) is 27.9. The average molecular weight is 572 g/mol. The van der Waals surface area contributed by atoms with E-state index in [1.54, 1.807) is 0 Å². The zero-order valence-electron chi connectivity index (χ0n) is 25.0. The maximum absolute atomic E-state index is 5.17. The molecule has 0 bridgehead atoms. The molecule has 44 heavy (non-hydrogen) atoms. The Kier molecular flexibility index (Phi) is 8.01. The lowest BCUT2D eigenvalue weighted by atomic mass is 9.84. The van der Waals surface area contributed by atoms with E-state index < -0.39 is 0 Å². The highest BCUT2D eigenvalue weighted by Gasteiger charge is 2.22. The fourth-order valence-corrected chi connectivity index (χ4v) is 6.28. The third-order valence-electron chi connectivity index (χ3n) is 8.79. The lowest BCUT2D eigenvalue weighted by molar-refractivity contribution is 0.749. The smallest absolute Gasteiger partial charge is 0.169 e. The maximum atomic E-state index is 5.17. The van der Waals surface area contributed by atoms with Crippen molar-refractivity contribution in [1.82, 2.24) is 5.32 Å². The number of hydrogen-bond donors (Lipinski definition) is 1. The first-order valence-electron chi connectivity index (χ1n) is 15.7. The zero-order valence-corrected chi connectivity index (χ0v) is 25.0. The summed E-state index contributed by atoms with van der Waals surface area (Å²) < 4.78 is 0. The van der Waals surface area contributed by atoms with Crippen molar-refractivity contribution in [1.29, 1.82) is 0 Å². The van der Waals surface area contributed by atoms with E-state index in [2.05, 4.69) is 133 Å². The third-order valence-corrected chi connectivity index (χ3v) is 8.79. The molecule has 1 N–H and O–H groups in total. The van der Waals surface area contributed by atoms with Gasteiger partial charge in [0.2, 0.25) is 0 Å². The molecular weight excluding hydrogens is 534 g/mol. The number of aliphatic imine (C=N–C) groups is 2. The molecule has 1 aliphatic heterocycles. The van der Waals surface area contributed by atoms with Gasteiger partial charge in [0.25, 0.3) is 0 Å². The molecule has 0 fully saturated rings. The number of amidine groups is 2. The molecular formula is C41H37N3. The summed E-state index contributed by atoms with van der Waals surface area (Å²) in [7, 11) is 0. The van der Waals surface area contributed by atoms with Gasteiger partial charge in [-0.25, -0.2) is 9.98 Å². The minimum absolute atomic E-state index is 0.319. The Balaban J connectivity index is 1.20. The first-order chi connectivity index (χ1) is 21.7. The molecule has 0 saturated carbocycles. The largest absolute Gasteiger partial charge is 0.324 e. The van der Waals surface area contributed by atoms with E-state index in [0.29, 0.717) is 5.92 Å². The summed E-state index contributed by atoms with van der Waals surface area (Å²) in [5.41, 5.74) is 11.1. The summed E-state index contributed by atoms with van der Waals surface area (Å²) >= 11 is 0. The van der Waals surface area contributed by atoms with E-state index in [9.17, 15) is 0 Å². The average Bonchev–Trinajstić information content (AvgIpc) is 3.12. The van der Waals surface area contributed by atoms with E-state index in [-0.39, 0.29) is 6.17 Å². The van der Waals surface area contributed by atoms with Gasteiger partial charge in [-0.1, -0.05) is 140 Å².